The average molecular weight is 429 g/mol. The second kappa shape index (κ2) is 10.1. The first kappa shape index (κ1) is 20.9. The normalized spacial score (nSPS) is 10.4. The van der Waals surface area contributed by atoms with E-state index in [9.17, 15) is 9.59 Å². The Kier molecular flexibility index (Phi) is 7.27. The van der Waals surface area contributed by atoms with Gasteiger partial charge in [0.05, 0.1) is 17.2 Å². The molecule has 150 valence electrons. The summed E-state index contributed by atoms with van der Waals surface area (Å²) in [5.41, 5.74) is 1.93. The van der Waals surface area contributed by atoms with Gasteiger partial charge >= 0.3 is 0 Å². The third kappa shape index (κ3) is 5.82. The topological polar surface area (TPSA) is 67.4 Å². The van der Waals surface area contributed by atoms with Crippen LogP contribution in [0.25, 0.3) is 0 Å². The number of nitrogens with one attached hydrogen (secondary N) is 2. The average Bonchev–Trinajstić information content (AvgIpc) is 3.27. The molecule has 2 aromatic carbocycles. The number of benzene rings is 2. The summed E-state index contributed by atoms with van der Waals surface area (Å²) >= 11 is 7.45. The first-order valence-electron chi connectivity index (χ1n) is 9.21. The van der Waals surface area contributed by atoms with E-state index in [0.717, 1.165) is 12.0 Å². The zero-order valence-corrected chi connectivity index (χ0v) is 17.5. The second-order valence-electron chi connectivity index (χ2n) is 6.30. The van der Waals surface area contributed by atoms with Crippen LogP contribution < -0.4 is 15.4 Å². The van der Waals surface area contributed by atoms with Gasteiger partial charge in [0, 0.05) is 17.1 Å². The van der Waals surface area contributed by atoms with Crippen LogP contribution in [0.4, 0.5) is 5.69 Å². The molecule has 0 atom stereocenters. The summed E-state index contributed by atoms with van der Waals surface area (Å²) in [5.74, 6) is 0.211. The number of carbonyl (C=O) groups is 2. The van der Waals surface area contributed by atoms with Crippen LogP contribution in [-0.4, -0.2) is 18.4 Å². The summed E-state index contributed by atoms with van der Waals surface area (Å²) in [6.07, 6.45) is 0.862. The fourth-order valence-electron chi connectivity index (χ4n) is 2.58. The summed E-state index contributed by atoms with van der Waals surface area (Å²) in [6, 6.07) is 15.8. The standard InChI is InChI=1S/C22H21ClN2O3S/c1-2-11-28-19-10-9-17(23)13-18(19)25-21(26)16-7-5-15(6-8-16)14-24-22(27)20-4-3-12-29-20/h3-10,12-13H,2,11,14H2,1H3,(H,24,27)(H,25,26). The van der Waals surface area contributed by atoms with Gasteiger partial charge in [0.1, 0.15) is 5.75 Å². The molecule has 1 aromatic heterocycles. The molecular formula is C22H21ClN2O3S. The molecular weight excluding hydrogens is 408 g/mol. The predicted octanol–water partition coefficient (Wildman–Crippen LogP) is 5.37. The summed E-state index contributed by atoms with van der Waals surface area (Å²) in [4.78, 5) is 25.3. The minimum absolute atomic E-state index is 0.109. The summed E-state index contributed by atoms with van der Waals surface area (Å²) in [5, 5.41) is 8.09. The van der Waals surface area contributed by atoms with Gasteiger partial charge in [-0.3, -0.25) is 9.59 Å². The quantitative estimate of drug-likeness (QED) is 0.506. The Balaban J connectivity index is 1.62. The molecule has 0 saturated carbocycles. The van der Waals surface area contributed by atoms with Crippen LogP contribution in [0.1, 0.15) is 38.9 Å². The molecule has 0 aliphatic carbocycles. The van der Waals surface area contributed by atoms with Crippen molar-refractivity contribution in [3.63, 3.8) is 0 Å². The van der Waals surface area contributed by atoms with E-state index in [1.165, 1.54) is 11.3 Å². The molecule has 0 radical (unpaired) electrons. The van der Waals surface area contributed by atoms with Crippen molar-refractivity contribution >= 4 is 40.4 Å². The molecule has 0 unspecified atom stereocenters. The molecule has 0 aliphatic rings. The number of thiophene rings is 1. The van der Waals surface area contributed by atoms with Crippen molar-refractivity contribution in [3.05, 3.63) is 81.0 Å². The zero-order chi connectivity index (χ0) is 20.6. The SMILES string of the molecule is CCCOc1ccc(Cl)cc1NC(=O)c1ccc(CNC(=O)c2cccs2)cc1. The third-order valence-corrected chi connectivity index (χ3v) is 5.17. The fraction of sp³-hybridized carbons (Fsp3) is 0.182. The summed E-state index contributed by atoms with van der Waals surface area (Å²) in [6.45, 7) is 2.96. The molecule has 29 heavy (non-hydrogen) atoms. The summed E-state index contributed by atoms with van der Waals surface area (Å²) in [7, 11) is 0. The largest absolute Gasteiger partial charge is 0.491 e. The second-order valence-corrected chi connectivity index (χ2v) is 7.68. The maximum atomic E-state index is 12.6. The maximum Gasteiger partial charge on any atom is 0.261 e. The number of rotatable bonds is 8. The van der Waals surface area contributed by atoms with E-state index in [1.54, 1.807) is 36.4 Å². The lowest BCUT2D eigenvalue weighted by Crippen LogP contribution is -2.21. The lowest BCUT2D eigenvalue weighted by molar-refractivity contribution is 0.0953. The minimum Gasteiger partial charge on any atom is -0.491 e. The van der Waals surface area contributed by atoms with Gasteiger partial charge in [-0.2, -0.15) is 0 Å². The Morgan fingerprint density at radius 3 is 2.55 bits per heavy atom. The van der Waals surface area contributed by atoms with Gasteiger partial charge in [-0.25, -0.2) is 0 Å². The van der Waals surface area contributed by atoms with Gasteiger partial charge in [-0.15, -0.1) is 11.3 Å². The molecule has 0 fully saturated rings. The molecule has 5 nitrogen and oxygen atoms in total. The van der Waals surface area contributed by atoms with Crippen molar-refractivity contribution in [1.29, 1.82) is 0 Å². The van der Waals surface area contributed by atoms with Crippen molar-refractivity contribution < 1.29 is 14.3 Å². The molecule has 1 heterocycles. The van der Waals surface area contributed by atoms with Crippen LogP contribution >= 0.6 is 22.9 Å². The minimum atomic E-state index is -0.261. The third-order valence-electron chi connectivity index (χ3n) is 4.07. The van der Waals surface area contributed by atoms with Crippen LogP contribution in [0.15, 0.2) is 60.0 Å². The van der Waals surface area contributed by atoms with E-state index in [4.69, 9.17) is 16.3 Å². The van der Waals surface area contributed by atoms with Crippen LogP contribution in [0.3, 0.4) is 0 Å². The predicted molar refractivity (Wildman–Crippen MR) is 117 cm³/mol. The molecule has 2 N–H and O–H groups in total. The molecule has 0 saturated heterocycles. The number of hydrogen-bond acceptors (Lipinski definition) is 4. The van der Waals surface area contributed by atoms with Crippen LogP contribution in [0.5, 0.6) is 5.75 Å². The van der Waals surface area contributed by atoms with Crippen molar-refractivity contribution in [2.45, 2.75) is 19.9 Å². The number of amides is 2. The highest BCUT2D eigenvalue weighted by Crippen LogP contribution is 2.28. The van der Waals surface area contributed by atoms with Gasteiger partial charge in [-0.1, -0.05) is 36.7 Å². The van der Waals surface area contributed by atoms with Gasteiger partial charge < -0.3 is 15.4 Å². The molecule has 7 heteroatoms. The first-order valence-corrected chi connectivity index (χ1v) is 10.5. The Labute approximate surface area is 178 Å². The van der Waals surface area contributed by atoms with Crippen molar-refractivity contribution in [1.82, 2.24) is 5.32 Å². The lowest BCUT2D eigenvalue weighted by atomic mass is 10.1. The molecule has 0 bridgehead atoms. The Morgan fingerprint density at radius 2 is 1.86 bits per heavy atom. The smallest absolute Gasteiger partial charge is 0.261 e. The van der Waals surface area contributed by atoms with E-state index in [2.05, 4.69) is 10.6 Å². The van der Waals surface area contributed by atoms with Gasteiger partial charge in [-0.05, 0) is 53.8 Å². The summed E-state index contributed by atoms with van der Waals surface area (Å²) < 4.78 is 5.67. The number of halogens is 1. The number of ether oxygens (including phenoxy) is 1. The molecule has 0 aliphatic heterocycles. The monoisotopic (exact) mass is 428 g/mol. The molecule has 3 rings (SSSR count). The van der Waals surface area contributed by atoms with Crippen LogP contribution in [0, 0.1) is 0 Å². The van der Waals surface area contributed by atoms with Gasteiger partial charge in [0.2, 0.25) is 0 Å². The van der Waals surface area contributed by atoms with E-state index < -0.39 is 0 Å². The van der Waals surface area contributed by atoms with E-state index >= 15 is 0 Å². The molecule has 3 aromatic rings. The molecule has 2 amide bonds. The van der Waals surface area contributed by atoms with Crippen LogP contribution in [0.2, 0.25) is 5.02 Å². The maximum absolute atomic E-state index is 12.6. The van der Waals surface area contributed by atoms with E-state index in [0.29, 0.717) is 40.1 Å². The lowest BCUT2D eigenvalue weighted by Gasteiger charge is -2.13. The Morgan fingerprint density at radius 1 is 1.07 bits per heavy atom. The molecule has 0 spiro atoms. The number of carbonyl (C=O) groups excluding carboxylic acids is 2. The van der Waals surface area contributed by atoms with Crippen molar-refractivity contribution in [2.24, 2.45) is 0 Å². The highest BCUT2D eigenvalue weighted by Gasteiger charge is 2.11. The van der Waals surface area contributed by atoms with Crippen molar-refractivity contribution in [2.75, 3.05) is 11.9 Å². The Hall–Kier alpha value is -2.83. The highest BCUT2D eigenvalue weighted by atomic mass is 35.5. The highest BCUT2D eigenvalue weighted by molar-refractivity contribution is 7.12. The zero-order valence-electron chi connectivity index (χ0n) is 15.9. The van der Waals surface area contributed by atoms with Crippen LogP contribution in [-0.2, 0) is 6.54 Å². The number of anilines is 1. The van der Waals surface area contributed by atoms with Gasteiger partial charge in [0.25, 0.3) is 11.8 Å². The number of hydrogen-bond donors (Lipinski definition) is 2. The van der Waals surface area contributed by atoms with E-state index in [-0.39, 0.29) is 11.8 Å². The van der Waals surface area contributed by atoms with E-state index in [1.807, 2.05) is 30.5 Å². The van der Waals surface area contributed by atoms with Gasteiger partial charge in [0.15, 0.2) is 0 Å². The van der Waals surface area contributed by atoms with Crippen molar-refractivity contribution in [3.8, 4) is 5.75 Å². The fourth-order valence-corrected chi connectivity index (χ4v) is 3.40. The first-order chi connectivity index (χ1) is 14.1. The Bertz CT molecular complexity index is 972.